The van der Waals surface area contributed by atoms with Crippen molar-refractivity contribution in [3.63, 3.8) is 0 Å². The molecule has 20 heavy (non-hydrogen) atoms. The molecule has 2 aromatic heterocycles. The Morgan fingerprint density at radius 1 is 1.20 bits per heavy atom. The van der Waals surface area contributed by atoms with Gasteiger partial charge in [0.25, 0.3) is 0 Å². The maximum absolute atomic E-state index is 12.6. The van der Waals surface area contributed by atoms with Gasteiger partial charge in [-0.2, -0.15) is 5.26 Å². The van der Waals surface area contributed by atoms with Gasteiger partial charge < -0.3 is 4.98 Å². The average Bonchev–Trinajstić information content (AvgIpc) is 2.84. The molecule has 4 rings (SSSR count). The zero-order valence-electron chi connectivity index (χ0n) is 10.5. The first-order chi connectivity index (χ1) is 9.78. The van der Waals surface area contributed by atoms with Crippen molar-refractivity contribution in [1.82, 2.24) is 9.97 Å². The van der Waals surface area contributed by atoms with Gasteiger partial charge in [-0.05, 0) is 17.7 Å². The third-order valence-corrected chi connectivity index (χ3v) is 3.71. The number of hydrogen-bond donors (Lipinski definition) is 1. The summed E-state index contributed by atoms with van der Waals surface area (Å²) in [4.78, 5) is 20.0. The maximum atomic E-state index is 12.6. The van der Waals surface area contributed by atoms with Crippen LogP contribution < -0.4 is 0 Å². The fourth-order valence-electron chi connectivity index (χ4n) is 2.80. The van der Waals surface area contributed by atoms with Crippen LogP contribution in [0.3, 0.4) is 0 Å². The van der Waals surface area contributed by atoms with Crippen LogP contribution in [0, 0.1) is 11.3 Å². The fourth-order valence-corrected chi connectivity index (χ4v) is 2.80. The van der Waals surface area contributed by atoms with Gasteiger partial charge in [0.1, 0.15) is 17.4 Å². The number of carbonyl (C=O) groups excluding carboxylic acids is 1. The highest BCUT2D eigenvalue weighted by Gasteiger charge is 2.27. The highest BCUT2D eigenvalue weighted by molar-refractivity contribution is 6.18. The van der Waals surface area contributed by atoms with Crippen LogP contribution in [0.5, 0.6) is 0 Å². The average molecular weight is 259 g/mol. The first-order valence-corrected chi connectivity index (χ1v) is 6.32. The molecule has 0 unspecified atom stereocenters. The molecule has 0 saturated carbocycles. The molecular weight excluding hydrogens is 250 g/mol. The first kappa shape index (κ1) is 10.9. The lowest BCUT2D eigenvalue weighted by molar-refractivity contribution is 0.103. The molecule has 0 aliphatic heterocycles. The molecule has 0 bridgehead atoms. The number of carbonyl (C=O) groups is 1. The maximum Gasteiger partial charge on any atom is 0.195 e. The summed E-state index contributed by atoms with van der Waals surface area (Å²) in [7, 11) is 0. The van der Waals surface area contributed by atoms with E-state index >= 15 is 0 Å². The number of rotatable bonds is 0. The number of nitrogens with zero attached hydrogens (tertiary/aromatic N) is 2. The summed E-state index contributed by atoms with van der Waals surface area (Å²) >= 11 is 0. The number of nitriles is 1. The number of benzene rings is 1. The number of aromatic amines is 1. The third kappa shape index (κ3) is 1.35. The zero-order valence-corrected chi connectivity index (χ0v) is 10.5. The van der Waals surface area contributed by atoms with E-state index in [0.29, 0.717) is 23.3 Å². The highest BCUT2D eigenvalue weighted by Crippen LogP contribution is 2.31. The third-order valence-electron chi connectivity index (χ3n) is 3.71. The van der Waals surface area contributed by atoms with Crippen LogP contribution in [0.15, 0.2) is 36.4 Å². The predicted molar refractivity (Wildman–Crippen MR) is 73.5 cm³/mol. The van der Waals surface area contributed by atoms with Gasteiger partial charge in [0.05, 0.1) is 5.56 Å². The van der Waals surface area contributed by atoms with Crippen LogP contribution in [0.2, 0.25) is 0 Å². The van der Waals surface area contributed by atoms with Crippen LogP contribution in [-0.4, -0.2) is 15.8 Å². The smallest absolute Gasteiger partial charge is 0.195 e. The van der Waals surface area contributed by atoms with Crippen LogP contribution in [-0.2, 0) is 6.42 Å². The summed E-state index contributed by atoms with van der Waals surface area (Å²) in [6.07, 6.45) is 0.690. The normalized spacial score (nSPS) is 12.8. The predicted octanol–water partition coefficient (Wildman–Crippen LogP) is 2.57. The Bertz CT molecular complexity index is 915. The summed E-state index contributed by atoms with van der Waals surface area (Å²) in [5, 5.41) is 9.69. The molecule has 0 saturated heterocycles. The Balaban J connectivity index is 2.01. The minimum atomic E-state index is 0.0274. The van der Waals surface area contributed by atoms with Gasteiger partial charge in [-0.1, -0.05) is 24.3 Å². The Kier molecular flexibility index (Phi) is 2.07. The molecule has 0 spiro atoms. The fraction of sp³-hybridized carbons (Fsp3) is 0.0625. The largest absolute Gasteiger partial charge is 0.342 e. The second-order valence-corrected chi connectivity index (χ2v) is 4.85. The molecule has 0 fully saturated rings. The summed E-state index contributed by atoms with van der Waals surface area (Å²) in [6.45, 7) is 0. The number of fused-ring (bicyclic) bond motifs is 4. The first-order valence-electron chi connectivity index (χ1n) is 6.32. The Hall–Kier alpha value is -2.93. The molecule has 1 aliphatic rings. The second kappa shape index (κ2) is 3.78. The molecular formula is C16H9N3O. The number of hydrogen-bond acceptors (Lipinski definition) is 3. The molecule has 4 nitrogen and oxygen atoms in total. The van der Waals surface area contributed by atoms with Crippen molar-refractivity contribution in [2.24, 2.45) is 0 Å². The van der Waals surface area contributed by atoms with E-state index in [1.807, 2.05) is 30.3 Å². The summed E-state index contributed by atoms with van der Waals surface area (Å²) < 4.78 is 0. The van der Waals surface area contributed by atoms with Gasteiger partial charge in [-0.25, -0.2) is 4.98 Å². The highest BCUT2D eigenvalue weighted by atomic mass is 16.1. The van der Waals surface area contributed by atoms with Gasteiger partial charge in [-0.15, -0.1) is 0 Å². The molecule has 0 radical (unpaired) electrons. The van der Waals surface area contributed by atoms with Gasteiger partial charge >= 0.3 is 0 Å². The van der Waals surface area contributed by atoms with Crippen molar-refractivity contribution in [3.8, 4) is 6.07 Å². The molecule has 1 aliphatic carbocycles. The molecule has 0 atom stereocenters. The molecule has 94 valence electrons. The van der Waals surface area contributed by atoms with Crippen LogP contribution in [0.25, 0.3) is 11.0 Å². The quantitative estimate of drug-likeness (QED) is 0.527. The molecule has 1 aromatic carbocycles. The Labute approximate surface area is 114 Å². The Morgan fingerprint density at radius 2 is 2.05 bits per heavy atom. The van der Waals surface area contributed by atoms with Gasteiger partial charge in [0.15, 0.2) is 5.78 Å². The van der Waals surface area contributed by atoms with Crippen molar-refractivity contribution in [2.45, 2.75) is 6.42 Å². The minimum absolute atomic E-state index is 0.0274. The molecule has 4 heteroatoms. The minimum Gasteiger partial charge on any atom is -0.342 e. The SMILES string of the molecule is N#Cc1ccc2c3c([nH]c2n1)Cc1ccccc1C3=O. The lowest BCUT2D eigenvalue weighted by Gasteiger charge is -2.14. The van der Waals surface area contributed by atoms with Crippen molar-refractivity contribution in [2.75, 3.05) is 0 Å². The number of pyridine rings is 1. The van der Waals surface area contributed by atoms with Crippen molar-refractivity contribution in [1.29, 1.82) is 5.26 Å². The number of ketones is 1. The van der Waals surface area contributed by atoms with Crippen LogP contribution in [0.4, 0.5) is 0 Å². The van der Waals surface area contributed by atoms with E-state index in [4.69, 9.17) is 5.26 Å². The zero-order chi connectivity index (χ0) is 13.7. The van der Waals surface area contributed by atoms with Crippen LogP contribution >= 0.6 is 0 Å². The van der Waals surface area contributed by atoms with Crippen molar-refractivity contribution >= 4 is 16.8 Å². The molecule has 0 amide bonds. The second-order valence-electron chi connectivity index (χ2n) is 4.85. The lowest BCUT2D eigenvalue weighted by Crippen LogP contribution is -2.13. The van der Waals surface area contributed by atoms with E-state index in [-0.39, 0.29) is 5.78 Å². The van der Waals surface area contributed by atoms with E-state index in [9.17, 15) is 4.79 Å². The monoisotopic (exact) mass is 259 g/mol. The van der Waals surface area contributed by atoms with Gasteiger partial charge in [0, 0.05) is 23.1 Å². The van der Waals surface area contributed by atoms with Gasteiger partial charge in [-0.3, -0.25) is 4.79 Å². The van der Waals surface area contributed by atoms with E-state index in [1.165, 1.54) is 0 Å². The van der Waals surface area contributed by atoms with Crippen LogP contribution in [0.1, 0.15) is 32.9 Å². The summed E-state index contributed by atoms with van der Waals surface area (Å²) in [5.74, 6) is 0.0274. The molecule has 3 aromatic rings. The number of nitrogens with one attached hydrogen (secondary N) is 1. The number of aromatic nitrogens is 2. The number of H-pyrrole nitrogens is 1. The van der Waals surface area contributed by atoms with E-state index in [1.54, 1.807) is 12.1 Å². The van der Waals surface area contributed by atoms with E-state index in [2.05, 4.69) is 9.97 Å². The summed E-state index contributed by atoms with van der Waals surface area (Å²) in [6, 6.07) is 13.1. The topological polar surface area (TPSA) is 69.5 Å². The van der Waals surface area contributed by atoms with Gasteiger partial charge in [0.2, 0.25) is 0 Å². The summed E-state index contributed by atoms with van der Waals surface area (Å²) in [5.41, 5.74) is 4.31. The van der Waals surface area contributed by atoms with E-state index in [0.717, 1.165) is 22.2 Å². The molecule has 1 N–H and O–H groups in total. The van der Waals surface area contributed by atoms with Crippen molar-refractivity contribution in [3.05, 3.63) is 64.5 Å². The Morgan fingerprint density at radius 3 is 2.90 bits per heavy atom. The van der Waals surface area contributed by atoms with E-state index < -0.39 is 0 Å². The lowest BCUT2D eigenvalue weighted by atomic mass is 9.88. The molecule has 2 heterocycles. The van der Waals surface area contributed by atoms with Crippen molar-refractivity contribution < 1.29 is 4.79 Å². The standard InChI is InChI=1S/C16H9N3O/c17-8-10-5-6-12-14-13(19-16(12)18-10)7-9-3-1-2-4-11(9)15(14)20/h1-6H,7H2,(H,18,19).